The molecule has 0 aliphatic carbocycles. The average molecular weight is 388 g/mol. The molecule has 0 unspecified atom stereocenters. The fourth-order valence-corrected chi connectivity index (χ4v) is 3.09. The third-order valence-electron chi connectivity index (χ3n) is 2.73. The van der Waals surface area contributed by atoms with Crippen molar-refractivity contribution < 1.29 is 85.1 Å². The summed E-state index contributed by atoms with van der Waals surface area (Å²) in [7, 11) is -8.57. The van der Waals surface area contributed by atoms with Crippen LogP contribution in [0.3, 0.4) is 0 Å². The SMILES string of the molecule is Cc1ccccc1S(=O)(=O)[O-].Cc1ccccc1S(=O)(=O)[O-].[Na+].[Na+]. The molecular weight excluding hydrogens is 374 g/mol. The summed E-state index contributed by atoms with van der Waals surface area (Å²) in [5.41, 5.74) is 0.977. The van der Waals surface area contributed by atoms with Gasteiger partial charge >= 0.3 is 59.1 Å². The van der Waals surface area contributed by atoms with Gasteiger partial charge in [0.2, 0.25) is 0 Å². The Kier molecular flexibility index (Phi) is 12.2. The average Bonchev–Trinajstić information content (AvgIpc) is 2.37. The topological polar surface area (TPSA) is 114 Å². The molecule has 0 heterocycles. The Morgan fingerprint density at radius 2 is 0.875 bits per heavy atom. The van der Waals surface area contributed by atoms with Crippen molar-refractivity contribution in [1.29, 1.82) is 0 Å². The van der Waals surface area contributed by atoms with Gasteiger partial charge < -0.3 is 9.11 Å². The maximum absolute atomic E-state index is 10.5. The van der Waals surface area contributed by atoms with Crippen molar-refractivity contribution in [2.75, 3.05) is 0 Å². The van der Waals surface area contributed by atoms with E-state index < -0.39 is 20.2 Å². The van der Waals surface area contributed by atoms with Crippen LogP contribution in [0.1, 0.15) is 11.1 Å². The van der Waals surface area contributed by atoms with Crippen LogP contribution in [-0.4, -0.2) is 25.9 Å². The maximum atomic E-state index is 10.5. The monoisotopic (exact) mass is 388 g/mol. The molecule has 0 aliphatic heterocycles. The number of rotatable bonds is 2. The summed E-state index contributed by atoms with van der Waals surface area (Å²) in [6, 6.07) is 12.2. The molecule has 0 fully saturated rings. The van der Waals surface area contributed by atoms with E-state index in [-0.39, 0.29) is 68.9 Å². The second-order valence-corrected chi connectivity index (χ2v) is 7.14. The van der Waals surface area contributed by atoms with E-state index in [9.17, 15) is 25.9 Å². The normalized spacial score (nSPS) is 10.5. The predicted octanol–water partition coefficient (Wildman–Crippen LogP) is -4.19. The van der Waals surface area contributed by atoms with Crippen molar-refractivity contribution >= 4 is 20.2 Å². The Hall–Kier alpha value is 0.260. The molecule has 0 bridgehead atoms. The molecule has 2 aromatic carbocycles. The third kappa shape index (κ3) is 8.57. The Labute approximate surface area is 186 Å². The minimum atomic E-state index is -4.28. The van der Waals surface area contributed by atoms with Gasteiger partial charge in [0.25, 0.3) is 0 Å². The van der Waals surface area contributed by atoms with Gasteiger partial charge in [-0.25, -0.2) is 16.8 Å². The Bertz CT molecular complexity index is 791. The van der Waals surface area contributed by atoms with Crippen LogP contribution >= 0.6 is 0 Å². The molecule has 2 aromatic rings. The number of aryl methyl sites for hydroxylation is 2. The fraction of sp³-hybridized carbons (Fsp3) is 0.143. The zero-order chi connectivity index (χ0) is 17.0. The molecule has 0 saturated carbocycles. The first-order valence-electron chi connectivity index (χ1n) is 6.06. The summed E-state index contributed by atoms with van der Waals surface area (Å²) in [6.07, 6.45) is 0. The zero-order valence-electron chi connectivity index (χ0n) is 13.9. The molecule has 6 nitrogen and oxygen atoms in total. The van der Waals surface area contributed by atoms with Crippen LogP contribution in [0.4, 0.5) is 0 Å². The Morgan fingerprint density at radius 3 is 1.04 bits per heavy atom. The largest absolute Gasteiger partial charge is 1.00 e. The molecule has 2 rings (SSSR count). The summed E-state index contributed by atoms with van der Waals surface area (Å²) >= 11 is 0. The third-order valence-corrected chi connectivity index (χ3v) is 4.72. The first kappa shape index (κ1) is 26.5. The van der Waals surface area contributed by atoms with Gasteiger partial charge in [-0.3, -0.25) is 0 Å². The Morgan fingerprint density at radius 1 is 0.625 bits per heavy atom. The van der Waals surface area contributed by atoms with Crippen LogP contribution in [-0.2, 0) is 20.2 Å². The molecule has 0 saturated heterocycles. The van der Waals surface area contributed by atoms with Crippen LogP contribution in [0.15, 0.2) is 58.3 Å². The smallest absolute Gasteiger partial charge is 0.744 e. The van der Waals surface area contributed by atoms with E-state index in [4.69, 9.17) is 0 Å². The van der Waals surface area contributed by atoms with Gasteiger partial charge in [-0.05, 0) is 37.1 Å². The van der Waals surface area contributed by atoms with Gasteiger partial charge in [-0.1, -0.05) is 36.4 Å². The first-order chi connectivity index (χ1) is 10.0. The van der Waals surface area contributed by atoms with Gasteiger partial charge in [-0.15, -0.1) is 0 Å². The van der Waals surface area contributed by atoms with E-state index in [0.717, 1.165) is 0 Å². The summed E-state index contributed by atoms with van der Waals surface area (Å²) in [5, 5.41) is 0. The molecule has 120 valence electrons. The Balaban J connectivity index is 0. The summed E-state index contributed by atoms with van der Waals surface area (Å²) < 4.78 is 63.0. The molecule has 0 radical (unpaired) electrons. The summed E-state index contributed by atoms with van der Waals surface area (Å²) in [5.74, 6) is 0. The van der Waals surface area contributed by atoms with Crippen molar-refractivity contribution in [3.8, 4) is 0 Å². The van der Waals surface area contributed by atoms with E-state index >= 15 is 0 Å². The van der Waals surface area contributed by atoms with Crippen LogP contribution in [0.25, 0.3) is 0 Å². The minimum Gasteiger partial charge on any atom is -0.744 e. The van der Waals surface area contributed by atoms with E-state index in [1.54, 1.807) is 38.1 Å². The molecular formula is C14H14Na2O6S2. The molecule has 0 spiro atoms. The van der Waals surface area contributed by atoms with Crippen molar-refractivity contribution in [3.63, 3.8) is 0 Å². The van der Waals surface area contributed by atoms with Crippen LogP contribution in [0, 0.1) is 13.8 Å². The van der Waals surface area contributed by atoms with Gasteiger partial charge in [0.15, 0.2) is 0 Å². The molecule has 10 heteroatoms. The van der Waals surface area contributed by atoms with E-state index in [1.807, 2.05) is 0 Å². The minimum absolute atomic E-state index is 0. The number of hydrogen-bond donors (Lipinski definition) is 0. The van der Waals surface area contributed by atoms with E-state index in [0.29, 0.717) is 11.1 Å². The molecule has 0 atom stereocenters. The predicted molar refractivity (Wildman–Crippen MR) is 78.3 cm³/mol. The maximum Gasteiger partial charge on any atom is 1.00 e. The van der Waals surface area contributed by atoms with Crippen molar-refractivity contribution in [2.45, 2.75) is 23.6 Å². The molecule has 24 heavy (non-hydrogen) atoms. The second kappa shape index (κ2) is 11.1. The molecule has 0 aromatic heterocycles. The fourth-order valence-electron chi connectivity index (χ4n) is 1.67. The van der Waals surface area contributed by atoms with Gasteiger partial charge in [0, 0.05) is 0 Å². The quantitative estimate of drug-likeness (QED) is 0.381. The van der Waals surface area contributed by atoms with Gasteiger partial charge in [0.1, 0.15) is 20.2 Å². The second-order valence-electron chi connectivity index (χ2n) is 4.44. The van der Waals surface area contributed by atoms with Crippen molar-refractivity contribution in [3.05, 3.63) is 59.7 Å². The summed E-state index contributed by atoms with van der Waals surface area (Å²) in [6.45, 7) is 3.18. The standard InChI is InChI=1S/2C7H8O3S.2Na/c2*1-6-4-2-3-5-7(6)11(8,9)10;;/h2*2-5H,1H3,(H,8,9,10);;/q;;2*+1/p-2. The number of benzene rings is 2. The van der Waals surface area contributed by atoms with Crippen LogP contribution < -0.4 is 59.1 Å². The van der Waals surface area contributed by atoms with E-state index in [2.05, 4.69) is 0 Å². The van der Waals surface area contributed by atoms with Crippen LogP contribution in [0.2, 0.25) is 0 Å². The van der Waals surface area contributed by atoms with Crippen molar-refractivity contribution in [2.24, 2.45) is 0 Å². The molecule has 0 N–H and O–H groups in total. The zero-order valence-corrected chi connectivity index (χ0v) is 19.5. The summed E-state index contributed by atoms with van der Waals surface area (Å²) in [4.78, 5) is -0.278. The van der Waals surface area contributed by atoms with Crippen LogP contribution in [0.5, 0.6) is 0 Å². The van der Waals surface area contributed by atoms with Crippen molar-refractivity contribution in [1.82, 2.24) is 0 Å². The van der Waals surface area contributed by atoms with E-state index in [1.165, 1.54) is 24.3 Å². The van der Waals surface area contributed by atoms with Gasteiger partial charge in [-0.2, -0.15) is 0 Å². The first-order valence-corrected chi connectivity index (χ1v) is 8.88. The van der Waals surface area contributed by atoms with Gasteiger partial charge in [0.05, 0.1) is 9.79 Å². The number of hydrogen-bond acceptors (Lipinski definition) is 6. The molecule has 0 amide bonds. The molecule has 0 aliphatic rings.